The fourth-order valence-corrected chi connectivity index (χ4v) is 0.829. The molecule has 0 aliphatic rings. The number of rotatable bonds is 3. The van der Waals surface area contributed by atoms with E-state index in [4.69, 9.17) is 5.11 Å². The molecule has 1 aromatic rings. The quantitative estimate of drug-likeness (QED) is 0.389. The Kier molecular flexibility index (Phi) is 15.5. The Hall–Kier alpha value is -0.234. The first-order valence-electron chi connectivity index (χ1n) is 4.85. The Morgan fingerprint density at radius 3 is 2.24 bits per heavy atom. The van der Waals surface area contributed by atoms with Crippen LogP contribution in [0, 0.1) is 0 Å². The standard InChI is InChI=1S/C7H8O.C6H8O2.K/c8-6-7-4-2-1-3-5-7;1-2-3-4-5-6(7)8;/h1-5,8H,6H2;2-5H,1H3,(H,7,8);/q;;+1/p-1/b;3-2+,5-4+;. The topological polar surface area (TPSA) is 60.4 Å². The zero-order valence-electron chi connectivity index (χ0n) is 10.2. The van der Waals surface area contributed by atoms with Gasteiger partial charge in [0, 0.05) is 0 Å². The van der Waals surface area contributed by atoms with Gasteiger partial charge in [0.25, 0.3) is 0 Å². The van der Waals surface area contributed by atoms with Crippen LogP contribution in [0.5, 0.6) is 0 Å². The summed E-state index contributed by atoms with van der Waals surface area (Å²) >= 11 is 0. The Balaban J connectivity index is 0. The maximum Gasteiger partial charge on any atom is 1.00 e. The maximum absolute atomic E-state index is 9.64. The molecule has 0 fully saturated rings. The molecule has 0 aromatic heterocycles. The van der Waals surface area contributed by atoms with Crippen LogP contribution in [0.1, 0.15) is 12.5 Å². The molecule has 0 atom stereocenters. The predicted molar refractivity (Wildman–Crippen MR) is 61.3 cm³/mol. The van der Waals surface area contributed by atoms with Crippen LogP contribution in [0.15, 0.2) is 54.6 Å². The molecule has 4 heteroatoms. The van der Waals surface area contributed by atoms with E-state index in [1.165, 1.54) is 6.08 Å². The van der Waals surface area contributed by atoms with Gasteiger partial charge in [-0.15, -0.1) is 0 Å². The monoisotopic (exact) mass is 258 g/mol. The second-order valence-electron chi connectivity index (χ2n) is 2.85. The summed E-state index contributed by atoms with van der Waals surface area (Å²) in [4.78, 5) is 9.64. The summed E-state index contributed by atoms with van der Waals surface area (Å²) < 4.78 is 0. The third-order valence-corrected chi connectivity index (χ3v) is 1.56. The van der Waals surface area contributed by atoms with Crippen molar-refractivity contribution in [1.82, 2.24) is 0 Å². The van der Waals surface area contributed by atoms with E-state index in [-0.39, 0.29) is 58.0 Å². The van der Waals surface area contributed by atoms with Gasteiger partial charge >= 0.3 is 51.4 Å². The Labute approximate surface area is 144 Å². The van der Waals surface area contributed by atoms with E-state index < -0.39 is 5.97 Å². The van der Waals surface area contributed by atoms with E-state index in [0.717, 1.165) is 11.6 Å². The molecular weight excluding hydrogens is 243 g/mol. The zero-order valence-corrected chi connectivity index (χ0v) is 13.3. The number of allylic oxidation sites excluding steroid dienone is 3. The first kappa shape index (κ1) is 19.1. The van der Waals surface area contributed by atoms with Crippen molar-refractivity contribution in [2.45, 2.75) is 13.5 Å². The SMILES string of the molecule is C/C=C/C=C/C(=O)[O-].OCc1ccccc1.[K+]. The largest absolute Gasteiger partial charge is 1.00 e. The van der Waals surface area contributed by atoms with Crippen molar-refractivity contribution in [3.05, 3.63) is 60.2 Å². The second kappa shape index (κ2) is 13.8. The number of carbonyl (C=O) groups excluding carboxylic acids is 1. The van der Waals surface area contributed by atoms with Crippen molar-refractivity contribution in [2.75, 3.05) is 0 Å². The first-order valence-corrected chi connectivity index (χ1v) is 4.85. The average molecular weight is 258 g/mol. The van der Waals surface area contributed by atoms with Gasteiger partial charge in [-0.25, -0.2) is 0 Å². The van der Waals surface area contributed by atoms with E-state index >= 15 is 0 Å². The van der Waals surface area contributed by atoms with Gasteiger partial charge in [-0.1, -0.05) is 48.6 Å². The number of benzene rings is 1. The number of aliphatic hydroxyl groups excluding tert-OH is 1. The van der Waals surface area contributed by atoms with Gasteiger partial charge in [-0.2, -0.15) is 0 Å². The summed E-state index contributed by atoms with van der Waals surface area (Å²) in [6.07, 6.45) is 5.74. The minimum absolute atomic E-state index is 0. The summed E-state index contributed by atoms with van der Waals surface area (Å²) in [5.74, 6) is -1.16. The van der Waals surface area contributed by atoms with Gasteiger partial charge in [0.2, 0.25) is 0 Å². The Bertz CT molecular complexity index is 345. The van der Waals surface area contributed by atoms with E-state index in [2.05, 4.69) is 0 Å². The van der Waals surface area contributed by atoms with Crippen molar-refractivity contribution in [3.8, 4) is 0 Å². The fraction of sp³-hybridized carbons (Fsp3) is 0.154. The van der Waals surface area contributed by atoms with Gasteiger partial charge in [0.15, 0.2) is 0 Å². The van der Waals surface area contributed by atoms with Gasteiger partial charge in [-0.3, -0.25) is 0 Å². The number of carboxylic acid groups (broad SMARTS) is 1. The van der Waals surface area contributed by atoms with Crippen molar-refractivity contribution < 1.29 is 66.4 Å². The van der Waals surface area contributed by atoms with Crippen LogP contribution in [0.4, 0.5) is 0 Å². The molecule has 0 unspecified atom stereocenters. The first-order chi connectivity index (χ1) is 7.70. The summed E-state index contributed by atoms with van der Waals surface area (Å²) in [5, 5.41) is 18.2. The van der Waals surface area contributed by atoms with E-state index in [0.29, 0.717) is 0 Å². The molecular formula is C13H15KO3. The minimum Gasteiger partial charge on any atom is -0.545 e. The van der Waals surface area contributed by atoms with Gasteiger partial charge in [-0.05, 0) is 18.6 Å². The van der Waals surface area contributed by atoms with Gasteiger partial charge in [0.1, 0.15) is 0 Å². The average Bonchev–Trinajstić information content (AvgIpc) is 2.31. The molecule has 0 aliphatic heterocycles. The molecule has 0 amide bonds. The number of aliphatic hydroxyl groups is 1. The predicted octanol–water partition coefficient (Wildman–Crippen LogP) is -1.95. The van der Waals surface area contributed by atoms with Crippen LogP contribution in [-0.4, -0.2) is 11.1 Å². The number of hydrogen-bond acceptors (Lipinski definition) is 3. The van der Waals surface area contributed by atoms with Crippen LogP contribution >= 0.6 is 0 Å². The molecule has 0 saturated carbocycles. The van der Waals surface area contributed by atoms with E-state index in [9.17, 15) is 9.90 Å². The minimum atomic E-state index is -1.16. The van der Waals surface area contributed by atoms with Crippen molar-refractivity contribution in [3.63, 3.8) is 0 Å². The molecule has 1 N–H and O–H groups in total. The van der Waals surface area contributed by atoms with Crippen LogP contribution in [-0.2, 0) is 11.4 Å². The summed E-state index contributed by atoms with van der Waals surface area (Å²) in [7, 11) is 0. The molecule has 0 heterocycles. The van der Waals surface area contributed by atoms with Crippen molar-refractivity contribution >= 4 is 5.97 Å². The molecule has 1 aromatic carbocycles. The summed E-state index contributed by atoms with van der Waals surface area (Å²) in [6.45, 7) is 1.94. The fourth-order valence-electron chi connectivity index (χ4n) is 0.829. The molecule has 3 nitrogen and oxygen atoms in total. The van der Waals surface area contributed by atoms with Gasteiger partial charge in [0.05, 0.1) is 12.6 Å². The molecule has 0 radical (unpaired) electrons. The van der Waals surface area contributed by atoms with Crippen molar-refractivity contribution in [2.24, 2.45) is 0 Å². The zero-order chi connectivity index (χ0) is 12.2. The van der Waals surface area contributed by atoms with E-state index in [1.54, 1.807) is 19.1 Å². The Morgan fingerprint density at radius 1 is 1.29 bits per heavy atom. The Morgan fingerprint density at radius 2 is 1.88 bits per heavy atom. The normalized spacial score (nSPS) is 9.53. The number of carbonyl (C=O) groups is 1. The van der Waals surface area contributed by atoms with Gasteiger partial charge < -0.3 is 15.0 Å². The van der Waals surface area contributed by atoms with Crippen LogP contribution < -0.4 is 56.5 Å². The summed E-state index contributed by atoms with van der Waals surface area (Å²) in [6, 6.07) is 9.52. The third-order valence-electron chi connectivity index (χ3n) is 1.56. The van der Waals surface area contributed by atoms with Crippen LogP contribution in [0.3, 0.4) is 0 Å². The molecule has 0 bridgehead atoms. The molecule has 0 aliphatic carbocycles. The van der Waals surface area contributed by atoms with Crippen LogP contribution in [0.2, 0.25) is 0 Å². The van der Waals surface area contributed by atoms with Crippen molar-refractivity contribution in [1.29, 1.82) is 0 Å². The number of hydrogen-bond donors (Lipinski definition) is 1. The molecule has 1 rings (SSSR count). The third kappa shape index (κ3) is 13.7. The molecule has 0 saturated heterocycles. The molecule has 86 valence electrons. The van der Waals surface area contributed by atoms with E-state index in [1.807, 2.05) is 30.3 Å². The summed E-state index contributed by atoms with van der Waals surface area (Å²) in [5.41, 5.74) is 0.965. The smallest absolute Gasteiger partial charge is 0.545 e. The second-order valence-corrected chi connectivity index (χ2v) is 2.85. The molecule has 0 spiro atoms. The van der Waals surface area contributed by atoms with Crippen LogP contribution in [0.25, 0.3) is 0 Å². The molecule has 17 heavy (non-hydrogen) atoms. The maximum atomic E-state index is 9.64. The number of carboxylic acids is 1. The number of aliphatic carboxylic acids is 1.